The predicted molar refractivity (Wildman–Crippen MR) is 108 cm³/mol. The van der Waals surface area contributed by atoms with Gasteiger partial charge in [-0.05, 0) is 42.8 Å². The second-order valence-corrected chi connectivity index (χ2v) is 8.19. The highest BCUT2D eigenvalue weighted by atomic mass is 35.5. The zero-order valence-corrected chi connectivity index (χ0v) is 17.0. The predicted octanol–water partition coefficient (Wildman–Crippen LogP) is 5.53. The number of para-hydroxylation sites is 1. The van der Waals surface area contributed by atoms with Crippen molar-refractivity contribution >= 4 is 50.7 Å². The van der Waals surface area contributed by atoms with Gasteiger partial charge in [-0.2, -0.15) is 0 Å². The van der Waals surface area contributed by atoms with Crippen LogP contribution in [0.2, 0.25) is 10.0 Å². The van der Waals surface area contributed by atoms with Gasteiger partial charge in [0.05, 0.1) is 27.2 Å². The zero-order valence-electron chi connectivity index (χ0n) is 14.7. The number of rotatable bonds is 8. The SMILES string of the molecule is CCCCCOC(=O)Nc1ccc(S(=O)(=O)Nc2c(Cl)cccc2Cl)cc1. The van der Waals surface area contributed by atoms with Gasteiger partial charge in [0, 0.05) is 5.69 Å². The highest BCUT2D eigenvalue weighted by Gasteiger charge is 2.18. The summed E-state index contributed by atoms with van der Waals surface area (Å²) in [5, 5.41) is 2.93. The van der Waals surface area contributed by atoms with E-state index in [4.69, 9.17) is 27.9 Å². The molecule has 0 spiro atoms. The lowest BCUT2D eigenvalue weighted by Gasteiger charge is -2.12. The normalized spacial score (nSPS) is 11.1. The highest BCUT2D eigenvalue weighted by Crippen LogP contribution is 2.31. The maximum Gasteiger partial charge on any atom is 0.411 e. The van der Waals surface area contributed by atoms with Gasteiger partial charge in [0.25, 0.3) is 10.0 Å². The van der Waals surface area contributed by atoms with E-state index in [9.17, 15) is 13.2 Å². The van der Waals surface area contributed by atoms with Crippen molar-refractivity contribution < 1.29 is 17.9 Å². The van der Waals surface area contributed by atoms with Crippen LogP contribution in [0.5, 0.6) is 0 Å². The Kier molecular flexibility index (Phi) is 7.77. The van der Waals surface area contributed by atoms with E-state index in [1.54, 1.807) is 6.07 Å². The number of hydrogen-bond acceptors (Lipinski definition) is 4. The Balaban J connectivity index is 2.02. The number of amides is 1. The van der Waals surface area contributed by atoms with Crippen molar-refractivity contribution in [1.82, 2.24) is 0 Å². The van der Waals surface area contributed by atoms with Gasteiger partial charge in [0.2, 0.25) is 0 Å². The number of halogens is 2. The third-order valence-corrected chi connectivity index (χ3v) is 5.59. The minimum atomic E-state index is -3.89. The molecule has 0 aliphatic rings. The molecule has 2 aromatic rings. The lowest BCUT2D eigenvalue weighted by molar-refractivity contribution is 0.159. The Morgan fingerprint density at radius 2 is 1.67 bits per heavy atom. The van der Waals surface area contributed by atoms with Crippen LogP contribution >= 0.6 is 23.2 Å². The van der Waals surface area contributed by atoms with E-state index in [0.29, 0.717) is 12.3 Å². The Morgan fingerprint density at radius 3 is 2.26 bits per heavy atom. The molecule has 0 radical (unpaired) electrons. The summed E-state index contributed by atoms with van der Waals surface area (Å²) >= 11 is 12.0. The Bertz CT molecular complexity index is 866. The van der Waals surface area contributed by atoms with Crippen molar-refractivity contribution in [2.45, 2.75) is 31.1 Å². The summed E-state index contributed by atoms with van der Waals surface area (Å²) in [6.45, 7) is 2.40. The van der Waals surface area contributed by atoms with Crippen LogP contribution in [0.3, 0.4) is 0 Å². The first kappa shape index (κ1) is 21.3. The van der Waals surface area contributed by atoms with Crippen LogP contribution in [-0.4, -0.2) is 21.1 Å². The minimum Gasteiger partial charge on any atom is -0.449 e. The molecular weight excluding hydrogens is 411 g/mol. The number of hydrogen-bond donors (Lipinski definition) is 2. The quantitative estimate of drug-likeness (QED) is 0.538. The number of ether oxygens (including phenoxy) is 1. The molecule has 0 aliphatic carbocycles. The first-order chi connectivity index (χ1) is 12.8. The molecule has 0 aromatic heterocycles. The smallest absolute Gasteiger partial charge is 0.411 e. The molecular formula is C18H20Cl2N2O4S. The fourth-order valence-electron chi connectivity index (χ4n) is 2.18. The highest BCUT2D eigenvalue weighted by molar-refractivity contribution is 7.92. The number of nitrogens with one attached hydrogen (secondary N) is 2. The molecule has 2 rings (SSSR count). The topological polar surface area (TPSA) is 84.5 Å². The third-order valence-electron chi connectivity index (χ3n) is 3.59. The molecule has 0 atom stereocenters. The molecule has 0 saturated carbocycles. The molecule has 2 aromatic carbocycles. The minimum absolute atomic E-state index is 0.000324. The molecule has 27 heavy (non-hydrogen) atoms. The van der Waals surface area contributed by atoms with Crippen molar-refractivity contribution in [3.8, 4) is 0 Å². The lowest BCUT2D eigenvalue weighted by Crippen LogP contribution is -2.15. The largest absolute Gasteiger partial charge is 0.449 e. The molecule has 1 amide bonds. The number of carbonyl (C=O) groups excluding carboxylic acids is 1. The van der Waals surface area contributed by atoms with Crippen molar-refractivity contribution in [1.29, 1.82) is 0 Å². The fourth-order valence-corrected chi connectivity index (χ4v) is 3.88. The molecule has 0 bridgehead atoms. The van der Waals surface area contributed by atoms with Crippen LogP contribution in [-0.2, 0) is 14.8 Å². The van der Waals surface area contributed by atoms with Crippen molar-refractivity contribution in [3.05, 3.63) is 52.5 Å². The summed E-state index contributed by atoms with van der Waals surface area (Å²) in [5.41, 5.74) is 0.531. The van der Waals surface area contributed by atoms with Crippen LogP contribution in [0.1, 0.15) is 26.2 Å². The number of benzene rings is 2. The Morgan fingerprint density at radius 1 is 1.04 bits per heavy atom. The van der Waals surface area contributed by atoms with Crippen LogP contribution in [0.25, 0.3) is 0 Å². The van der Waals surface area contributed by atoms with Crippen LogP contribution in [0.15, 0.2) is 47.4 Å². The van der Waals surface area contributed by atoms with E-state index in [1.807, 2.05) is 0 Å². The van der Waals surface area contributed by atoms with Crippen LogP contribution in [0.4, 0.5) is 16.2 Å². The van der Waals surface area contributed by atoms with Crippen molar-refractivity contribution in [2.24, 2.45) is 0 Å². The van der Waals surface area contributed by atoms with E-state index >= 15 is 0 Å². The van der Waals surface area contributed by atoms with Gasteiger partial charge >= 0.3 is 6.09 Å². The second-order valence-electron chi connectivity index (χ2n) is 5.69. The standard InChI is InChI=1S/C18H20Cl2N2O4S/c1-2-3-4-12-26-18(23)21-13-8-10-14(11-9-13)27(24,25)22-17-15(19)6-5-7-16(17)20/h5-11,22H,2-4,12H2,1H3,(H,21,23). The van der Waals surface area contributed by atoms with E-state index in [2.05, 4.69) is 17.0 Å². The molecule has 0 fully saturated rings. The summed E-state index contributed by atoms with van der Waals surface area (Å²) < 4.78 is 32.4. The van der Waals surface area contributed by atoms with Crippen LogP contribution in [0, 0.1) is 0 Å². The van der Waals surface area contributed by atoms with Gasteiger partial charge in [0.15, 0.2) is 0 Å². The average Bonchev–Trinajstić information content (AvgIpc) is 2.62. The molecule has 2 N–H and O–H groups in total. The Hall–Kier alpha value is -1.96. The second kappa shape index (κ2) is 9.82. The molecule has 0 unspecified atom stereocenters. The number of sulfonamides is 1. The molecule has 6 nitrogen and oxygen atoms in total. The third kappa shape index (κ3) is 6.30. The van der Waals surface area contributed by atoms with E-state index < -0.39 is 16.1 Å². The molecule has 0 aliphatic heterocycles. The maximum atomic E-state index is 12.5. The van der Waals surface area contributed by atoms with Crippen LogP contribution < -0.4 is 10.0 Å². The zero-order chi connectivity index (χ0) is 19.9. The monoisotopic (exact) mass is 430 g/mol. The van der Waals surface area contributed by atoms with Crippen molar-refractivity contribution in [3.63, 3.8) is 0 Å². The summed E-state index contributed by atoms with van der Waals surface area (Å²) in [5.74, 6) is 0. The van der Waals surface area contributed by atoms with Gasteiger partial charge in [-0.1, -0.05) is 49.0 Å². The summed E-state index contributed by atoms with van der Waals surface area (Å²) in [6.07, 6.45) is 2.25. The molecule has 0 saturated heterocycles. The molecule has 9 heteroatoms. The van der Waals surface area contributed by atoms with Gasteiger partial charge in [-0.15, -0.1) is 0 Å². The molecule has 0 heterocycles. The maximum absolute atomic E-state index is 12.5. The van der Waals surface area contributed by atoms with Gasteiger partial charge in [0.1, 0.15) is 0 Å². The van der Waals surface area contributed by atoms with Gasteiger partial charge in [-0.3, -0.25) is 10.0 Å². The fraction of sp³-hybridized carbons (Fsp3) is 0.278. The molecule has 146 valence electrons. The number of anilines is 2. The van der Waals surface area contributed by atoms with E-state index in [-0.39, 0.29) is 20.6 Å². The number of unbranched alkanes of at least 4 members (excludes halogenated alkanes) is 2. The average molecular weight is 431 g/mol. The first-order valence-corrected chi connectivity index (χ1v) is 10.6. The van der Waals surface area contributed by atoms with Gasteiger partial charge in [-0.25, -0.2) is 13.2 Å². The summed E-state index contributed by atoms with van der Waals surface area (Å²) in [6, 6.07) is 10.3. The van der Waals surface area contributed by atoms with Gasteiger partial charge < -0.3 is 4.74 Å². The number of carbonyl (C=O) groups is 1. The van der Waals surface area contributed by atoms with Crippen molar-refractivity contribution in [2.75, 3.05) is 16.6 Å². The van der Waals surface area contributed by atoms with E-state index in [1.165, 1.54) is 36.4 Å². The Labute approximate surface area is 168 Å². The lowest BCUT2D eigenvalue weighted by atomic mass is 10.3. The van der Waals surface area contributed by atoms with E-state index in [0.717, 1.165) is 19.3 Å². The first-order valence-electron chi connectivity index (χ1n) is 8.34. The summed E-state index contributed by atoms with van der Waals surface area (Å²) in [4.78, 5) is 11.7. The summed E-state index contributed by atoms with van der Waals surface area (Å²) in [7, 11) is -3.89.